The van der Waals surface area contributed by atoms with Gasteiger partial charge in [-0.15, -0.1) is 0 Å². The molecule has 0 aliphatic carbocycles. The second kappa shape index (κ2) is 5.80. The average Bonchev–Trinajstić information content (AvgIpc) is 2.28. The fourth-order valence-electron chi connectivity index (χ4n) is 1.18. The van der Waals surface area contributed by atoms with Crippen molar-refractivity contribution in [2.24, 2.45) is 0 Å². The molecule has 1 aromatic carbocycles. The molecule has 80 valence electrons. The molecule has 0 unspecified atom stereocenters. The summed E-state index contributed by atoms with van der Waals surface area (Å²) in [6, 6.07) is 7.32. The van der Waals surface area contributed by atoms with Gasteiger partial charge in [-0.1, -0.05) is 12.1 Å². The molecule has 0 heterocycles. The number of esters is 1. The number of ether oxygens (including phenoxy) is 1. The van der Waals surface area contributed by atoms with E-state index in [0.717, 1.165) is 11.3 Å². The molecule has 0 bridgehead atoms. The van der Waals surface area contributed by atoms with E-state index in [0.29, 0.717) is 19.3 Å². The Morgan fingerprint density at radius 1 is 1.40 bits per heavy atom. The van der Waals surface area contributed by atoms with Crippen LogP contribution in [-0.2, 0) is 20.7 Å². The van der Waals surface area contributed by atoms with Crippen molar-refractivity contribution in [2.75, 3.05) is 12.4 Å². The van der Waals surface area contributed by atoms with Crippen LogP contribution < -0.4 is 5.32 Å². The largest absolute Gasteiger partial charge is 0.469 e. The van der Waals surface area contributed by atoms with E-state index in [1.54, 1.807) is 12.1 Å². The quantitative estimate of drug-likeness (QED) is 0.586. The molecule has 0 aliphatic rings. The molecule has 1 N–H and O–H groups in total. The third kappa shape index (κ3) is 3.81. The Hall–Kier alpha value is -1.84. The molecular weight excluding hydrogens is 194 g/mol. The maximum Gasteiger partial charge on any atom is 0.305 e. The first kappa shape index (κ1) is 11.2. The number of rotatable bonds is 5. The molecule has 1 rings (SSSR count). The number of benzene rings is 1. The summed E-state index contributed by atoms with van der Waals surface area (Å²) in [7, 11) is 1.37. The summed E-state index contributed by atoms with van der Waals surface area (Å²) in [6.45, 7) is 0. The predicted octanol–water partition coefficient (Wildman–Crippen LogP) is 1.36. The van der Waals surface area contributed by atoms with E-state index in [9.17, 15) is 9.59 Å². The standard InChI is InChI=1S/C11H13NO3/c1-15-11(14)7-4-9-2-5-10(6-3-9)12-8-13/h2-3,5-6,8H,4,7H2,1H3,(H,12,13). The SMILES string of the molecule is COC(=O)CCc1ccc(NC=O)cc1. The van der Waals surface area contributed by atoms with E-state index in [1.165, 1.54) is 7.11 Å². The smallest absolute Gasteiger partial charge is 0.305 e. The number of carbonyl (C=O) groups is 2. The van der Waals surface area contributed by atoms with Crippen LogP contribution in [0.1, 0.15) is 12.0 Å². The molecule has 15 heavy (non-hydrogen) atoms. The van der Waals surface area contributed by atoms with Gasteiger partial charge in [0, 0.05) is 12.1 Å². The average molecular weight is 207 g/mol. The maximum atomic E-state index is 10.9. The summed E-state index contributed by atoms with van der Waals surface area (Å²) in [6.07, 6.45) is 1.65. The summed E-state index contributed by atoms with van der Waals surface area (Å²) < 4.78 is 4.54. The van der Waals surface area contributed by atoms with E-state index < -0.39 is 0 Å². The first-order valence-electron chi connectivity index (χ1n) is 4.62. The molecule has 0 aliphatic heterocycles. The van der Waals surface area contributed by atoms with Crippen LogP contribution in [0.15, 0.2) is 24.3 Å². The van der Waals surface area contributed by atoms with Crippen LogP contribution in [-0.4, -0.2) is 19.5 Å². The van der Waals surface area contributed by atoms with Gasteiger partial charge in [0.2, 0.25) is 6.41 Å². The highest BCUT2D eigenvalue weighted by molar-refractivity contribution is 5.71. The highest BCUT2D eigenvalue weighted by Crippen LogP contribution is 2.10. The van der Waals surface area contributed by atoms with Gasteiger partial charge >= 0.3 is 5.97 Å². The molecule has 0 saturated heterocycles. The summed E-state index contributed by atoms with van der Waals surface area (Å²) >= 11 is 0. The summed E-state index contributed by atoms with van der Waals surface area (Å²) in [5.41, 5.74) is 1.78. The molecule has 1 amide bonds. The number of nitrogens with one attached hydrogen (secondary N) is 1. The van der Waals surface area contributed by atoms with Crippen LogP contribution in [0, 0.1) is 0 Å². The number of hydrogen-bond acceptors (Lipinski definition) is 3. The van der Waals surface area contributed by atoms with Crippen LogP contribution in [0.4, 0.5) is 5.69 Å². The summed E-state index contributed by atoms with van der Waals surface area (Å²) in [5, 5.41) is 2.54. The number of methoxy groups -OCH3 is 1. The first-order valence-corrected chi connectivity index (χ1v) is 4.62. The molecule has 1 aromatic rings. The van der Waals surface area contributed by atoms with Gasteiger partial charge in [0.1, 0.15) is 0 Å². The molecular formula is C11H13NO3. The Morgan fingerprint density at radius 2 is 2.07 bits per heavy atom. The zero-order valence-corrected chi connectivity index (χ0v) is 8.53. The lowest BCUT2D eigenvalue weighted by Gasteiger charge is -2.02. The van der Waals surface area contributed by atoms with Crippen LogP contribution in [0.2, 0.25) is 0 Å². The van der Waals surface area contributed by atoms with E-state index in [1.807, 2.05) is 12.1 Å². The van der Waals surface area contributed by atoms with E-state index >= 15 is 0 Å². The van der Waals surface area contributed by atoms with E-state index in [2.05, 4.69) is 10.1 Å². The van der Waals surface area contributed by atoms with Gasteiger partial charge in [-0.25, -0.2) is 0 Å². The molecule has 0 fully saturated rings. The van der Waals surface area contributed by atoms with Gasteiger partial charge in [-0.2, -0.15) is 0 Å². The lowest BCUT2D eigenvalue weighted by atomic mass is 10.1. The Bertz CT molecular complexity index is 332. The Kier molecular flexibility index (Phi) is 4.34. The van der Waals surface area contributed by atoms with Crippen molar-refractivity contribution in [3.05, 3.63) is 29.8 Å². The molecule has 0 atom stereocenters. The number of hydrogen-bond donors (Lipinski definition) is 1. The van der Waals surface area contributed by atoms with Crippen molar-refractivity contribution in [2.45, 2.75) is 12.8 Å². The minimum Gasteiger partial charge on any atom is -0.469 e. The molecule has 0 radical (unpaired) electrons. The second-order valence-corrected chi connectivity index (χ2v) is 3.04. The number of carbonyl (C=O) groups excluding carboxylic acids is 2. The van der Waals surface area contributed by atoms with Crippen molar-refractivity contribution in [1.29, 1.82) is 0 Å². The van der Waals surface area contributed by atoms with Crippen molar-refractivity contribution < 1.29 is 14.3 Å². The van der Waals surface area contributed by atoms with Gasteiger partial charge < -0.3 is 10.1 Å². The third-order valence-electron chi connectivity index (χ3n) is 2.02. The van der Waals surface area contributed by atoms with Crippen molar-refractivity contribution >= 4 is 18.1 Å². The molecule has 4 heteroatoms. The van der Waals surface area contributed by atoms with E-state index in [4.69, 9.17) is 0 Å². The third-order valence-corrected chi connectivity index (χ3v) is 2.02. The van der Waals surface area contributed by atoms with Crippen molar-refractivity contribution in [1.82, 2.24) is 0 Å². The molecule has 0 spiro atoms. The van der Waals surface area contributed by atoms with Gasteiger partial charge in [0.05, 0.1) is 7.11 Å². The second-order valence-electron chi connectivity index (χ2n) is 3.04. The highest BCUT2D eigenvalue weighted by Gasteiger charge is 2.00. The monoisotopic (exact) mass is 207 g/mol. The van der Waals surface area contributed by atoms with Crippen molar-refractivity contribution in [3.8, 4) is 0 Å². The van der Waals surface area contributed by atoms with Crippen LogP contribution >= 0.6 is 0 Å². The zero-order chi connectivity index (χ0) is 11.1. The lowest BCUT2D eigenvalue weighted by Crippen LogP contribution is -2.02. The minimum absolute atomic E-state index is 0.218. The lowest BCUT2D eigenvalue weighted by molar-refractivity contribution is -0.140. The van der Waals surface area contributed by atoms with Gasteiger partial charge in [0.15, 0.2) is 0 Å². The van der Waals surface area contributed by atoms with Crippen LogP contribution in [0.3, 0.4) is 0 Å². The predicted molar refractivity (Wildman–Crippen MR) is 56.5 cm³/mol. The van der Waals surface area contributed by atoms with Crippen LogP contribution in [0.5, 0.6) is 0 Å². The fraction of sp³-hybridized carbons (Fsp3) is 0.273. The van der Waals surface area contributed by atoms with Gasteiger partial charge in [-0.05, 0) is 24.1 Å². The van der Waals surface area contributed by atoms with Crippen molar-refractivity contribution in [3.63, 3.8) is 0 Å². The Morgan fingerprint density at radius 3 is 2.60 bits per heavy atom. The normalized spacial score (nSPS) is 9.40. The summed E-state index contributed by atoms with van der Waals surface area (Å²) in [4.78, 5) is 21.0. The van der Waals surface area contributed by atoms with Gasteiger partial charge in [-0.3, -0.25) is 9.59 Å². The Labute approximate surface area is 88.2 Å². The Balaban J connectivity index is 2.49. The van der Waals surface area contributed by atoms with Crippen LogP contribution in [0.25, 0.3) is 0 Å². The molecule has 0 aromatic heterocycles. The first-order chi connectivity index (χ1) is 7.26. The van der Waals surface area contributed by atoms with Gasteiger partial charge in [0.25, 0.3) is 0 Å². The zero-order valence-electron chi connectivity index (χ0n) is 8.53. The summed E-state index contributed by atoms with van der Waals surface area (Å²) in [5.74, 6) is -0.218. The highest BCUT2D eigenvalue weighted by atomic mass is 16.5. The topological polar surface area (TPSA) is 55.4 Å². The molecule has 4 nitrogen and oxygen atoms in total. The fourth-order valence-corrected chi connectivity index (χ4v) is 1.18. The number of anilines is 1. The number of aryl methyl sites for hydroxylation is 1. The number of amides is 1. The molecule has 0 saturated carbocycles. The van der Waals surface area contributed by atoms with E-state index in [-0.39, 0.29) is 5.97 Å². The maximum absolute atomic E-state index is 10.9. The minimum atomic E-state index is -0.218.